The average molecular weight is 580 g/mol. The Morgan fingerprint density at radius 3 is 2.02 bits per heavy atom. The van der Waals surface area contributed by atoms with Crippen molar-refractivity contribution >= 4 is 23.7 Å². The number of esters is 1. The van der Waals surface area contributed by atoms with Crippen LogP contribution in [0.15, 0.2) is 72.8 Å². The van der Waals surface area contributed by atoms with E-state index in [1.54, 1.807) is 29.2 Å². The molecule has 1 unspecified atom stereocenters. The molecule has 0 saturated heterocycles. The Hall–Kier alpha value is -3.35. The first kappa shape index (κ1) is 32.2. The van der Waals surface area contributed by atoms with Gasteiger partial charge in [0.05, 0.1) is 19.1 Å². The van der Waals surface area contributed by atoms with Crippen LogP contribution in [0.25, 0.3) is 0 Å². The first-order chi connectivity index (χ1) is 19.2. The Bertz CT molecular complexity index is 1290. The molecule has 0 saturated carbocycles. The molecular weight excluding hydrogens is 538 g/mol. The van der Waals surface area contributed by atoms with Crippen LogP contribution < -0.4 is 4.74 Å². The van der Waals surface area contributed by atoms with Crippen molar-refractivity contribution in [3.63, 3.8) is 0 Å². The van der Waals surface area contributed by atoms with Crippen molar-refractivity contribution in [2.45, 2.75) is 72.5 Å². The SMILES string of the molecule is CC(C)(C)CC(=O)Oc1ccc(Cc2ccc(CCN(CC(O)c3cccc(Cl)c3)C(=O)OC(C)(C)C)cc2)cc1. The van der Waals surface area contributed by atoms with E-state index in [0.29, 0.717) is 35.7 Å². The first-order valence-corrected chi connectivity index (χ1v) is 14.3. The van der Waals surface area contributed by atoms with Crippen LogP contribution in [0.1, 0.15) is 76.3 Å². The number of ether oxygens (including phenoxy) is 2. The Labute approximate surface area is 249 Å². The molecule has 220 valence electrons. The lowest BCUT2D eigenvalue weighted by Crippen LogP contribution is -2.40. The summed E-state index contributed by atoms with van der Waals surface area (Å²) in [5.74, 6) is 0.318. The summed E-state index contributed by atoms with van der Waals surface area (Å²) in [5, 5.41) is 11.3. The van der Waals surface area contributed by atoms with Gasteiger partial charge in [0, 0.05) is 11.6 Å². The molecule has 1 atom stereocenters. The van der Waals surface area contributed by atoms with Gasteiger partial charge in [-0.05, 0) is 85.5 Å². The van der Waals surface area contributed by atoms with Gasteiger partial charge < -0.3 is 19.5 Å². The molecule has 0 fully saturated rings. The van der Waals surface area contributed by atoms with Gasteiger partial charge in [-0.3, -0.25) is 4.79 Å². The molecule has 0 aromatic heterocycles. The zero-order valence-electron chi connectivity index (χ0n) is 24.9. The van der Waals surface area contributed by atoms with Crippen molar-refractivity contribution < 1.29 is 24.2 Å². The molecule has 0 radical (unpaired) electrons. The minimum absolute atomic E-state index is 0.0921. The van der Waals surface area contributed by atoms with Gasteiger partial charge in [0.25, 0.3) is 0 Å². The number of carbonyl (C=O) groups excluding carboxylic acids is 2. The second-order valence-electron chi connectivity index (χ2n) is 12.6. The minimum Gasteiger partial charge on any atom is -0.444 e. The lowest BCUT2D eigenvalue weighted by molar-refractivity contribution is -0.136. The fourth-order valence-corrected chi connectivity index (χ4v) is 4.41. The summed E-state index contributed by atoms with van der Waals surface area (Å²) in [6.45, 7) is 12.0. The minimum atomic E-state index is -0.892. The van der Waals surface area contributed by atoms with Crippen molar-refractivity contribution in [1.82, 2.24) is 4.90 Å². The van der Waals surface area contributed by atoms with Gasteiger partial charge in [-0.15, -0.1) is 0 Å². The second kappa shape index (κ2) is 14.0. The third kappa shape index (κ3) is 11.6. The van der Waals surface area contributed by atoms with Gasteiger partial charge in [-0.25, -0.2) is 4.79 Å². The number of nitrogens with zero attached hydrogens (tertiary/aromatic N) is 1. The van der Waals surface area contributed by atoms with E-state index >= 15 is 0 Å². The molecule has 1 amide bonds. The lowest BCUT2D eigenvalue weighted by atomic mass is 9.92. The number of halogens is 1. The van der Waals surface area contributed by atoms with E-state index in [9.17, 15) is 14.7 Å². The summed E-state index contributed by atoms with van der Waals surface area (Å²) in [5.41, 5.74) is 3.21. The van der Waals surface area contributed by atoms with Crippen LogP contribution in [-0.2, 0) is 22.4 Å². The van der Waals surface area contributed by atoms with Crippen molar-refractivity contribution in [1.29, 1.82) is 0 Å². The van der Waals surface area contributed by atoms with Crippen LogP contribution in [0.3, 0.4) is 0 Å². The fraction of sp³-hybridized carbons (Fsp3) is 0.412. The molecular formula is C34H42ClNO5. The largest absolute Gasteiger partial charge is 0.444 e. The predicted molar refractivity (Wildman–Crippen MR) is 163 cm³/mol. The first-order valence-electron chi connectivity index (χ1n) is 14.0. The molecule has 0 aliphatic carbocycles. The summed E-state index contributed by atoms with van der Waals surface area (Å²) < 4.78 is 11.1. The van der Waals surface area contributed by atoms with E-state index < -0.39 is 17.8 Å². The second-order valence-corrected chi connectivity index (χ2v) is 13.0. The molecule has 41 heavy (non-hydrogen) atoms. The van der Waals surface area contributed by atoms with Crippen LogP contribution in [0.5, 0.6) is 5.75 Å². The highest BCUT2D eigenvalue weighted by Crippen LogP contribution is 2.23. The molecule has 0 spiro atoms. The number of hydrogen-bond acceptors (Lipinski definition) is 5. The molecule has 7 heteroatoms. The molecule has 3 aromatic rings. The maximum Gasteiger partial charge on any atom is 0.410 e. The van der Waals surface area contributed by atoms with Crippen molar-refractivity contribution in [3.05, 3.63) is 100 Å². The van der Waals surface area contributed by atoms with Crippen LogP contribution in [0.2, 0.25) is 5.02 Å². The van der Waals surface area contributed by atoms with Gasteiger partial charge in [-0.2, -0.15) is 0 Å². The Morgan fingerprint density at radius 1 is 0.878 bits per heavy atom. The zero-order chi connectivity index (χ0) is 30.2. The van der Waals surface area contributed by atoms with Crippen molar-refractivity contribution in [2.75, 3.05) is 13.1 Å². The van der Waals surface area contributed by atoms with E-state index in [0.717, 1.165) is 23.1 Å². The molecule has 0 heterocycles. The van der Waals surface area contributed by atoms with Crippen LogP contribution in [0, 0.1) is 5.41 Å². The maximum absolute atomic E-state index is 13.0. The Kier molecular flexibility index (Phi) is 11.0. The van der Waals surface area contributed by atoms with Crippen LogP contribution in [-0.4, -0.2) is 40.8 Å². The molecule has 0 aliphatic heterocycles. The number of aliphatic hydroxyl groups is 1. The summed E-state index contributed by atoms with van der Waals surface area (Å²) in [6.07, 6.45) is 0.349. The number of aliphatic hydroxyl groups excluding tert-OH is 1. The molecule has 0 bridgehead atoms. The summed E-state index contributed by atoms with van der Waals surface area (Å²) in [4.78, 5) is 26.6. The third-order valence-corrected chi connectivity index (χ3v) is 6.44. The van der Waals surface area contributed by atoms with Crippen molar-refractivity contribution in [3.8, 4) is 5.75 Å². The lowest BCUT2D eigenvalue weighted by Gasteiger charge is -2.29. The van der Waals surface area contributed by atoms with Gasteiger partial charge in [0.15, 0.2) is 0 Å². The van der Waals surface area contributed by atoms with E-state index in [4.69, 9.17) is 21.1 Å². The topological polar surface area (TPSA) is 76.1 Å². The highest BCUT2D eigenvalue weighted by atomic mass is 35.5. The van der Waals surface area contributed by atoms with Crippen molar-refractivity contribution in [2.24, 2.45) is 5.41 Å². The number of rotatable bonds is 10. The smallest absolute Gasteiger partial charge is 0.410 e. The van der Waals surface area contributed by atoms with E-state index in [-0.39, 0.29) is 17.9 Å². The van der Waals surface area contributed by atoms with Gasteiger partial charge >= 0.3 is 12.1 Å². The number of amides is 1. The summed E-state index contributed by atoms with van der Waals surface area (Å²) >= 11 is 6.09. The Morgan fingerprint density at radius 2 is 1.46 bits per heavy atom. The number of hydrogen-bond donors (Lipinski definition) is 1. The molecule has 6 nitrogen and oxygen atoms in total. The summed E-state index contributed by atoms with van der Waals surface area (Å²) in [6, 6.07) is 22.9. The standard InChI is InChI=1S/C34H42ClNO5/c1-33(2,3)22-31(38)40-29-16-14-26(15-17-29)20-25-12-10-24(11-13-25)18-19-36(32(39)41-34(4,5)6)23-30(37)27-8-7-9-28(35)21-27/h7-17,21,30,37H,18-20,22-23H2,1-6H3. The molecule has 3 aromatic carbocycles. The maximum atomic E-state index is 13.0. The molecule has 0 aliphatic rings. The van der Waals surface area contributed by atoms with E-state index in [1.807, 2.05) is 65.8 Å². The van der Waals surface area contributed by atoms with E-state index in [2.05, 4.69) is 24.3 Å². The van der Waals surface area contributed by atoms with Gasteiger partial charge in [0.1, 0.15) is 11.4 Å². The highest BCUT2D eigenvalue weighted by Gasteiger charge is 2.25. The number of carbonyl (C=O) groups is 2. The number of benzene rings is 3. The quantitative estimate of drug-likeness (QED) is 0.196. The zero-order valence-corrected chi connectivity index (χ0v) is 25.7. The molecule has 1 N–H and O–H groups in total. The van der Waals surface area contributed by atoms with Crippen LogP contribution >= 0.6 is 11.6 Å². The highest BCUT2D eigenvalue weighted by molar-refractivity contribution is 6.30. The monoisotopic (exact) mass is 579 g/mol. The average Bonchev–Trinajstić information content (AvgIpc) is 2.86. The summed E-state index contributed by atoms with van der Waals surface area (Å²) in [7, 11) is 0. The molecule has 3 rings (SSSR count). The Balaban J connectivity index is 1.59. The van der Waals surface area contributed by atoms with Crippen LogP contribution in [0.4, 0.5) is 4.79 Å². The van der Waals surface area contributed by atoms with Gasteiger partial charge in [0.2, 0.25) is 0 Å². The third-order valence-electron chi connectivity index (χ3n) is 6.21. The fourth-order valence-electron chi connectivity index (χ4n) is 4.21. The normalized spacial score (nSPS) is 12.5. The van der Waals surface area contributed by atoms with E-state index in [1.165, 1.54) is 0 Å². The predicted octanol–water partition coefficient (Wildman–Crippen LogP) is 7.79. The van der Waals surface area contributed by atoms with Gasteiger partial charge in [-0.1, -0.05) is 80.9 Å².